The van der Waals surface area contributed by atoms with Gasteiger partial charge >= 0.3 is 12.4 Å². The normalized spacial score (nSPS) is 12.2. The van der Waals surface area contributed by atoms with Gasteiger partial charge in [0.15, 0.2) is 0 Å². The number of carbonyl (C=O) groups is 2. The van der Waals surface area contributed by atoms with Crippen LogP contribution in [-0.4, -0.2) is 16.7 Å². The number of nitrogens with one attached hydrogen (secondary N) is 2. The molecule has 4 nitrogen and oxygen atoms in total. The molecule has 0 fully saturated rings. The van der Waals surface area contributed by atoms with E-state index in [0.717, 1.165) is 0 Å². The van der Waals surface area contributed by atoms with Crippen LogP contribution >= 0.6 is 0 Å². The first-order valence-electron chi connectivity index (χ1n) is 7.68. The van der Waals surface area contributed by atoms with Gasteiger partial charge in [0.1, 0.15) is 0 Å². The molecule has 0 spiro atoms. The number of alkyl halides is 6. The number of aromatic amines is 1. The number of benzene rings is 2. The van der Waals surface area contributed by atoms with Gasteiger partial charge in [0, 0.05) is 22.8 Å². The van der Waals surface area contributed by atoms with Crippen molar-refractivity contribution in [1.82, 2.24) is 4.98 Å². The largest absolute Gasteiger partial charge is 0.416 e. The highest BCUT2D eigenvalue weighted by molar-refractivity contribution is 6.48. The third-order valence-electron chi connectivity index (χ3n) is 3.89. The van der Waals surface area contributed by atoms with Crippen LogP contribution in [0, 0.1) is 0 Å². The number of anilines is 1. The minimum absolute atomic E-state index is 0.0591. The smallest absolute Gasteiger partial charge is 0.360 e. The van der Waals surface area contributed by atoms with Crippen LogP contribution < -0.4 is 5.32 Å². The summed E-state index contributed by atoms with van der Waals surface area (Å²) < 4.78 is 77.3. The summed E-state index contributed by atoms with van der Waals surface area (Å²) >= 11 is 0. The van der Waals surface area contributed by atoms with E-state index in [1.165, 1.54) is 6.20 Å². The van der Waals surface area contributed by atoms with E-state index in [-0.39, 0.29) is 11.6 Å². The lowest BCUT2D eigenvalue weighted by molar-refractivity contribution is -0.143. The molecule has 0 aliphatic rings. The molecular weight excluding hydrogens is 390 g/mol. The van der Waals surface area contributed by atoms with Gasteiger partial charge in [0.25, 0.3) is 11.7 Å². The zero-order chi connectivity index (χ0) is 20.7. The Hall–Kier alpha value is -3.30. The molecule has 2 N–H and O–H groups in total. The SMILES string of the molecule is O=C(Nc1cc(C(F)(F)F)cc(C(F)(F)F)c1)C(=O)c1c[nH]c2ccccc12. The van der Waals surface area contributed by atoms with Crippen LogP contribution in [0.1, 0.15) is 21.5 Å². The zero-order valence-electron chi connectivity index (χ0n) is 13.7. The quantitative estimate of drug-likeness (QED) is 0.368. The van der Waals surface area contributed by atoms with E-state index in [1.54, 1.807) is 24.3 Å². The van der Waals surface area contributed by atoms with E-state index in [9.17, 15) is 35.9 Å². The Morgan fingerprint density at radius 2 is 1.43 bits per heavy atom. The molecule has 10 heteroatoms. The molecule has 0 atom stereocenters. The molecule has 1 heterocycles. The Labute approximate surface area is 153 Å². The van der Waals surface area contributed by atoms with E-state index in [2.05, 4.69) is 4.98 Å². The Morgan fingerprint density at radius 3 is 2.00 bits per heavy atom. The van der Waals surface area contributed by atoms with Crippen molar-refractivity contribution in [2.75, 3.05) is 5.32 Å². The molecule has 2 aromatic carbocycles. The highest BCUT2D eigenvalue weighted by Crippen LogP contribution is 2.37. The molecule has 0 saturated heterocycles. The second-order valence-corrected chi connectivity index (χ2v) is 5.83. The summed E-state index contributed by atoms with van der Waals surface area (Å²) in [5, 5.41) is 2.21. The van der Waals surface area contributed by atoms with Gasteiger partial charge in [-0.1, -0.05) is 18.2 Å². The van der Waals surface area contributed by atoms with Crippen LogP contribution in [0.15, 0.2) is 48.7 Å². The summed E-state index contributed by atoms with van der Waals surface area (Å²) in [5.41, 5.74) is -3.51. The van der Waals surface area contributed by atoms with Crippen molar-refractivity contribution >= 4 is 28.3 Å². The third kappa shape index (κ3) is 3.85. The zero-order valence-corrected chi connectivity index (χ0v) is 13.7. The van der Waals surface area contributed by atoms with Gasteiger partial charge in [0.05, 0.1) is 16.7 Å². The molecule has 0 radical (unpaired) electrons. The summed E-state index contributed by atoms with van der Waals surface area (Å²) in [6.45, 7) is 0. The van der Waals surface area contributed by atoms with Gasteiger partial charge in [-0.15, -0.1) is 0 Å². The molecule has 146 valence electrons. The Balaban J connectivity index is 1.94. The van der Waals surface area contributed by atoms with E-state index >= 15 is 0 Å². The van der Waals surface area contributed by atoms with Crippen molar-refractivity contribution in [3.05, 3.63) is 65.4 Å². The van der Waals surface area contributed by atoms with Gasteiger partial charge in [0.2, 0.25) is 0 Å². The van der Waals surface area contributed by atoms with Gasteiger partial charge < -0.3 is 10.3 Å². The molecule has 3 rings (SSSR count). The first-order valence-corrected chi connectivity index (χ1v) is 7.68. The van der Waals surface area contributed by atoms with Crippen LogP contribution in [0.4, 0.5) is 32.0 Å². The summed E-state index contributed by atoms with van der Waals surface area (Å²) in [6.07, 6.45) is -8.90. The molecule has 0 aliphatic heterocycles. The highest BCUT2D eigenvalue weighted by atomic mass is 19.4. The van der Waals surface area contributed by atoms with Gasteiger partial charge in [-0.3, -0.25) is 9.59 Å². The fourth-order valence-corrected chi connectivity index (χ4v) is 2.60. The third-order valence-corrected chi connectivity index (χ3v) is 3.89. The highest BCUT2D eigenvalue weighted by Gasteiger charge is 2.37. The number of carbonyl (C=O) groups excluding carboxylic acids is 2. The van der Waals surface area contributed by atoms with E-state index < -0.39 is 40.9 Å². The predicted molar refractivity (Wildman–Crippen MR) is 87.7 cm³/mol. The number of hydrogen-bond donors (Lipinski definition) is 2. The molecule has 1 amide bonds. The lowest BCUT2D eigenvalue weighted by Gasteiger charge is -2.14. The Kier molecular flexibility index (Phi) is 4.66. The van der Waals surface area contributed by atoms with Gasteiger partial charge in [-0.2, -0.15) is 26.3 Å². The van der Waals surface area contributed by atoms with Crippen molar-refractivity contribution in [1.29, 1.82) is 0 Å². The van der Waals surface area contributed by atoms with Crippen molar-refractivity contribution < 1.29 is 35.9 Å². The van der Waals surface area contributed by atoms with Crippen LogP contribution in [0.5, 0.6) is 0 Å². The summed E-state index contributed by atoms with van der Waals surface area (Å²) in [5.74, 6) is -2.47. The van der Waals surface area contributed by atoms with Crippen molar-refractivity contribution in [2.45, 2.75) is 12.4 Å². The van der Waals surface area contributed by atoms with Crippen LogP contribution in [0.3, 0.4) is 0 Å². The lowest BCUT2D eigenvalue weighted by Crippen LogP contribution is -2.23. The number of para-hydroxylation sites is 1. The van der Waals surface area contributed by atoms with Gasteiger partial charge in [-0.05, 0) is 24.3 Å². The topological polar surface area (TPSA) is 62.0 Å². The number of halogens is 6. The molecule has 3 aromatic rings. The number of H-pyrrole nitrogens is 1. The molecular formula is C18H10F6N2O2. The summed E-state index contributed by atoms with van der Waals surface area (Å²) in [7, 11) is 0. The van der Waals surface area contributed by atoms with Crippen LogP contribution in [0.2, 0.25) is 0 Å². The average Bonchev–Trinajstić information content (AvgIpc) is 3.03. The molecule has 0 saturated carbocycles. The predicted octanol–water partition coefficient (Wildman–Crippen LogP) is 5.03. The molecule has 28 heavy (non-hydrogen) atoms. The number of Topliss-reactive ketones (excluding diaryl/α,β-unsaturated/α-hetero) is 1. The molecule has 0 aliphatic carbocycles. The number of fused-ring (bicyclic) bond motifs is 1. The van der Waals surface area contributed by atoms with Crippen molar-refractivity contribution in [3.8, 4) is 0 Å². The summed E-state index contributed by atoms with van der Waals surface area (Å²) in [4.78, 5) is 27.2. The number of amides is 1. The maximum absolute atomic E-state index is 12.9. The monoisotopic (exact) mass is 400 g/mol. The molecule has 0 unspecified atom stereocenters. The number of hydrogen-bond acceptors (Lipinski definition) is 2. The second kappa shape index (κ2) is 6.70. The van der Waals surface area contributed by atoms with Crippen LogP contribution in [0.25, 0.3) is 10.9 Å². The average molecular weight is 400 g/mol. The Bertz CT molecular complexity index is 1030. The maximum atomic E-state index is 12.9. The van der Waals surface area contributed by atoms with Crippen molar-refractivity contribution in [3.63, 3.8) is 0 Å². The number of rotatable bonds is 3. The number of ketones is 1. The Morgan fingerprint density at radius 1 is 0.857 bits per heavy atom. The minimum atomic E-state index is -5.07. The first kappa shape index (κ1) is 19.5. The van der Waals surface area contributed by atoms with Crippen LogP contribution in [-0.2, 0) is 17.1 Å². The number of aromatic nitrogens is 1. The van der Waals surface area contributed by atoms with Crippen molar-refractivity contribution in [2.24, 2.45) is 0 Å². The van der Waals surface area contributed by atoms with Gasteiger partial charge in [-0.25, -0.2) is 0 Å². The fraction of sp³-hybridized carbons (Fsp3) is 0.111. The molecule has 1 aromatic heterocycles. The maximum Gasteiger partial charge on any atom is 0.416 e. The second-order valence-electron chi connectivity index (χ2n) is 5.83. The minimum Gasteiger partial charge on any atom is -0.360 e. The summed E-state index contributed by atoms with van der Waals surface area (Å²) in [6, 6.07) is 7.04. The van der Waals surface area contributed by atoms with E-state index in [0.29, 0.717) is 23.0 Å². The fourth-order valence-electron chi connectivity index (χ4n) is 2.60. The lowest BCUT2D eigenvalue weighted by atomic mass is 10.1. The standard InChI is InChI=1S/C18H10F6N2O2/c19-17(20,21)9-5-10(18(22,23)24)7-11(6-9)26-16(28)15(27)13-8-25-14-4-2-1-3-12(13)14/h1-8,25H,(H,26,28). The first-order chi connectivity index (χ1) is 13.0. The van der Waals surface area contributed by atoms with E-state index in [4.69, 9.17) is 0 Å². The molecule has 0 bridgehead atoms. The van der Waals surface area contributed by atoms with E-state index in [1.807, 2.05) is 5.32 Å².